The Hall–Kier alpha value is -2.56. The highest BCUT2D eigenvalue weighted by Crippen LogP contribution is 2.13. The Bertz CT molecular complexity index is 582. The summed E-state index contributed by atoms with van der Waals surface area (Å²) in [4.78, 5) is 15.9. The van der Waals surface area contributed by atoms with Gasteiger partial charge in [-0.2, -0.15) is 0 Å². The number of aromatic nitrogens is 1. The molecule has 0 saturated heterocycles. The minimum atomic E-state index is -0.123. The summed E-state index contributed by atoms with van der Waals surface area (Å²) in [6.45, 7) is 2.20. The summed E-state index contributed by atoms with van der Waals surface area (Å²) in [5.41, 5.74) is 7.19. The van der Waals surface area contributed by atoms with E-state index in [1.807, 2.05) is 19.1 Å². The first-order valence-corrected chi connectivity index (χ1v) is 6.35. The van der Waals surface area contributed by atoms with Gasteiger partial charge in [0, 0.05) is 11.9 Å². The van der Waals surface area contributed by atoms with Crippen LogP contribution in [-0.2, 0) is 4.79 Å². The van der Waals surface area contributed by atoms with E-state index < -0.39 is 0 Å². The van der Waals surface area contributed by atoms with Crippen LogP contribution in [-0.4, -0.2) is 17.5 Å². The number of nitrogens with one attached hydrogen (secondary N) is 1. The summed E-state index contributed by atoms with van der Waals surface area (Å²) in [5.74, 6) is 1.16. The van der Waals surface area contributed by atoms with Crippen LogP contribution in [0.1, 0.15) is 12.0 Å². The number of benzene rings is 1. The molecule has 5 nitrogen and oxygen atoms in total. The third kappa shape index (κ3) is 3.98. The molecule has 0 fully saturated rings. The van der Waals surface area contributed by atoms with Crippen molar-refractivity contribution in [2.45, 2.75) is 13.3 Å². The van der Waals surface area contributed by atoms with Gasteiger partial charge in [0.25, 0.3) is 0 Å². The van der Waals surface area contributed by atoms with Gasteiger partial charge in [0.05, 0.1) is 13.0 Å². The topological polar surface area (TPSA) is 77.2 Å². The molecule has 0 atom stereocenters. The number of ether oxygens (including phenoxy) is 1. The zero-order valence-electron chi connectivity index (χ0n) is 11.3. The Labute approximate surface area is 117 Å². The lowest BCUT2D eigenvalue weighted by molar-refractivity contribution is -0.116. The molecule has 1 aromatic heterocycles. The molecule has 104 valence electrons. The molecule has 0 unspecified atom stereocenters. The zero-order chi connectivity index (χ0) is 14.4. The number of aryl methyl sites for hydroxylation is 1. The summed E-state index contributed by atoms with van der Waals surface area (Å²) >= 11 is 0. The van der Waals surface area contributed by atoms with Crippen molar-refractivity contribution < 1.29 is 9.53 Å². The van der Waals surface area contributed by atoms with Crippen molar-refractivity contribution in [3.63, 3.8) is 0 Å². The molecule has 2 aromatic rings. The average molecular weight is 271 g/mol. The minimum absolute atomic E-state index is 0.123. The number of hydrogen-bond donors (Lipinski definition) is 2. The number of carbonyl (C=O) groups excluding carboxylic acids is 1. The van der Waals surface area contributed by atoms with Gasteiger partial charge in [0.15, 0.2) is 0 Å². The summed E-state index contributed by atoms with van der Waals surface area (Å²) < 4.78 is 5.46. The van der Waals surface area contributed by atoms with Gasteiger partial charge in [0.1, 0.15) is 11.6 Å². The van der Waals surface area contributed by atoms with E-state index in [2.05, 4.69) is 10.3 Å². The predicted molar refractivity (Wildman–Crippen MR) is 78.6 cm³/mol. The predicted octanol–water partition coefficient (Wildman–Crippen LogP) is 2.38. The Morgan fingerprint density at radius 3 is 2.75 bits per heavy atom. The Kier molecular flexibility index (Phi) is 4.55. The van der Waals surface area contributed by atoms with Gasteiger partial charge in [0.2, 0.25) is 5.91 Å². The number of carbonyl (C=O) groups is 1. The first-order valence-electron chi connectivity index (χ1n) is 6.35. The van der Waals surface area contributed by atoms with Crippen LogP contribution in [0.5, 0.6) is 5.75 Å². The van der Waals surface area contributed by atoms with Crippen molar-refractivity contribution in [2.24, 2.45) is 0 Å². The first kappa shape index (κ1) is 13.9. The summed E-state index contributed by atoms with van der Waals surface area (Å²) in [7, 11) is 0. The minimum Gasteiger partial charge on any atom is -0.493 e. The number of nitrogen functional groups attached to an aromatic ring is 1. The SMILES string of the molecule is Cc1cccnc1NC(=O)CCOc1ccc(N)cc1. The molecule has 1 heterocycles. The molecule has 2 rings (SSSR count). The maximum absolute atomic E-state index is 11.8. The van der Waals surface area contributed by atoms with Crippen molar-refractivity contribution in [1.82, 2.24) is 4.98 Å². The van der Waals surface area contributed by atoms with Gasteiger partial charge < -0.3 is 15.8 Å². The largest absolute Gasteiger partial charge is 0.493 e. The van der Waals surface area contributed by atoms with E-state index in [1.54, 1.807) is 30.5 Å². The van der Waals surface area contributed by atoms with Gasteiger partial charge in [-0.05, 0) is 42.8 Å². The Morgan fingerprint density at radius 1 is 1.30 bits per heavy atom. The standard InChI is InChI=1S/C15H17N3O2/c1-11-3-2-9-17-15(11)18-14(19)8-10-20-13-6-4-12(16)5-7-13/h2-7,9H,8,10,16H2,1H3,(H,17,18,19). The van der Waals surface area contributed by atoms with Gasteiger partial charge in [-0.1, -0.05) is 6.07 Å². The highest BCUT2D eigenvalue weighted by atomic mass is 16.5. The molecule has 3 N–H and O–H groups in total. The van der Waals surface area contributed by atoms with Crippen LogP contribution in [0.15, 0.2) is 42.6 Å². The normalized spacial score (nSPS) is 10.1. The highest BCUT2D eigenvalue weighted by molar-refractivity contribution is 5.90. The van der Waals surface area contributed by atoms with Gasteiger partial charge in [-0.15, -0.1) is 0 Å². The van der Waals surface area contributed by atoms with Crippen LogP contribution >= 0.6 is 0 Å². The van der Waals surface area contributed by atoms with Crippen LogP contribution in [0.3, 0.4) is 0 Å². The summed E-state index contributed by atoms with van der Waals surface area (Å²) in [6.07, 6.45) is 1.91. The van der Waals surface area contributed by atoms with Crippen molar-refractivity contribution >= 4 is 17.4 Å². The van der Waals surface area contributed by atoms with E-state index in [0.717, 1.165) is 5.56 Å². The Balaban J connectivity index is 1.78. The first-order chi connectivity index (χ1) is 9.65. The van der Waals surface area contributed by atoms with Crippen LogP contribution < -0.4 is 15.8 Å². The molecule has 1 aromatic carbocycles. The van der Waals surface area contributed by atoms with Crippen LogP contribution in [0.4, 0.5) is 11.5 Å². The molecule has 0 saturated carbocycles. The smallest absolute Gasteiger partial charge is 0.228 e. The Morgan fingerprint density at radius 2 is 2.05 bits per heavy atom. The van der Waals surface area contributed by atoms with Crippen LogP contribution in [0, 0.1) is 6.92 Å². The van der Waals surface area contributed by atoms with Crippen molar-refractivity contribution in [1.29, 1.82) is 0 Å². The van der Waals surface area contributed by atoms with Crippen molar-refractivity contribution in [2.75, 3.05) is 17.7 Å². The maximum Gasteiger partial charge on any atom is 0.228 e. The zero-order valence-corrected chi connectivity index (χ0v) is 11.3. The van der Waals surface area contributed by atoms with E-state index >= 15 is 0 Å². The molecular weight excluding hydrogens is 254 g/mol. The molecule has 20 heavy (non-hydrogen) atoms. The lowest BCUT2D eigenvalue weighted by Gasteiger charge is -2.08. The molecule has 0 spiro atoms. The molecule has 0 aliphatic carbocycles. The molecule has 5 heteroatoms. The number of nitrogens with two attached hydrogens (primary N) is 1. The molecule has 0 aliphatic rings. The van der Waals surface area contributed by atoms with E-state index in [9.17, 15) is 4.79 Å². The number of anilines is 2. The second-order valence-corrected chi connectivity index (χ2v) is 4.38. The van der Waals surface area contributed by atoms with Gasteiger partial charge in [-0.3, -0.25) is 4.79 Å². The van der Waals surface area contributed by atoms with E-state index in [1.165, 1.54) is 0 Å². The fourth-order valence-corrected chi connectivity index (χ4v) is 1.64. The third-order valence-corrected chi connectivity index (χ3v) is 2.75. The summed E-state index contributed by atoms with van der Waals surface area (Å²) in [6, 6.07) is 10.8. The summed E-state index contributed by atoms with van der Waals surface area (Å²) in [5, 5.41) is 2.76. The van der Waals surface area contributed by atoms with Crippen molar-refractivity contribution in [3.8, 4) is 5.75 Å². The fraction of sp³-hybridized carbons (Fsp3) is 0.200. The number of hydrogen-bond acceptors (Lipinski definition) is 4. The van der Waals surface area contributed by atoms with Crippen LogP contribution in [0.2, 0.25) is 0 Å². The van der Waals surface area contributed by atoms with Gasteiger partial charge in [-0.25, -0.2) is 4.98 Å². The molecule has 0 bridgehead atoms. The quantitative estimate of drug-likeness (QED) is 0.818. The molecule has 0 radical (unpaired) electrons. The lowest BCUT2D eigenvalue weighted by Crippen LogP contribution is -2.16. The second-order valence-electron chi connectivity index (χ2n) is 4.38. The molecule has 0 aliphatic heterocycles. The number of nitrogens with zero attached hydrogens (tertiary/aromatic N) is 1. The van der Waals surface area contributed by atoms with E-state index in [0.29, 0.717) is 23.9 Å². The van der Waals surface area contributed by atoms with Crippen molar-refractivity contribution in [3.05, 3.63) is 48.2 Å². The van der Waals surface area contributed by atoms with E-state index in [-0.39, 0.29) is 12.3 Å². The van der Waals surface area contributed by atoms with Gasteiger partial charge >= 0.3 is 0 Å². The van der Waals surface area contributed by atoms with Crippen LogP contribution in [0.25, 0.3) is 0 Å². The van der Waals surface area contributed by atoms with E-state index in [4.69, 9.17) is 10.5 Å². The third-order valence-electron chi connectivity index (χ3n) is 2.75. The monoisotopic (exact) mass is 271 g/mol. The number of amides is 1. The lowest BCUT2D eigenvalue weighted by atomic mass is 10.3. The number of pyridine rings is 1. The molecular formula is C15H17N3O2. The average Bonchev–Trinajstić information content (AvgIpc) is 2.44. The highest BCUT2D eigenvalue weighted by Gasteiger charge is 2.05. The molecule has 1 amide bonds. The maximum atomic E-state index is 11.8. The number of rotatable bonds is 5. The fourth-order valence-electron chi connectivity index (χ4n) is 1.64. The second kappa shape index (κ2) is 6.56.